The van der Waals surface area contributed by atoms with Crippen LogP contribution in [0.1, 0.15) is 16.1 Å². The van der Waals surface area contributed by atoms with Gasteiger partial charge in [0.1, 0.15) is 5.69 Å². The van der Waals surface area contributed by atoms with Crippen LogP contribution in [0.5, 0.6) is 0 Å². The van der Waals surface area contributed by atoms with Gasteiger partial charge in [0.15, 0.2) is 0 Å². The topological polar surface area (TPSA) is 126 Å². The average molecular weight is 456 g/mol. The number of H-pyrrole nitrogens is 1. The van der Waals surface area contributed by atoms with Gasteiger partial charge in [-0.05, 0) is 48.0 Å². The molecule has 9 heteroatoms. The number of rotatable bonds is 5. The molecule has 34 heavy (non-hydrogen) atoms. The van der Waals surface area contributed by atoms with Crippen LogP contribution in [-0.4, -0.2) is 52.3 Å². The van der Waals surface area contributed by atoms with Gasteiger partial charge >= 0.3 is 0 Å². The molecule has 0 bridgehead atoms. The maximum atomic E-state index is 12.6. The molecule has 0 unspecified atom stereocenters. The van der Waals surface area contributed by atoms with Gasteiger partial charge in [-0.25, -0.2) is 5.84 Å². The molecule has 0 aliphatic carbocycles. The number of benzene rings is 2. The van der Waals surface area contributed by atoms with Crippen molar-refractivity contribution in [2.45, 2.75) is 0 Å². The normalized spacial score (nSPS) is 14.4. The van der Waals surface area contributed by atoms with Crippen LogP contribution in [0.4, 0.5) is 5.69 Å². The van der Waals surface area contributed by atoms with Crippen LogP contribution >= 0.6 is 0 Å². The number of fused-ring (bicyclic) bond motifs is 1. The van der Waals surface area contributed by atoms with E-state index in [1.807, 2.05) is 36.5 Å². The van der Waals surface area contributed by atoms with Crippen molar-refractivity contribution in [2.75, 3.05) is 31.3 Å². The van der Waals surface area contributed by atoms with Crippen LogP contribution in [0.25, 0.3) is 27.7 Å². The molecule has 172 valence electrons. The Bertz CT molecular complexity index is 1330. The Labute approximate surface area is 196 Å². The van der Waals surface area contributed by atoms with Crippen LogP contribution in [0.15, 0.2) is 73.2 Å². The number of nitrogens with zero attached hydrogens (tertiary/aromatic N) is 4. The molecule has 2 aromatic carbocycles. The van der Waals surface area contributed by atoms with Gasteiger partial charge in [0, 0.05) is 48.2 Å². The molecule has 2 aromatic heterocycles. The minimum Gasteiger partial charge on any atom is -0.396 e. The third-order valence-electron chi connectivity index (χ3n) is 5.82. The predicted molar refractivity (Wildman–Crippen MR) is 131 cm³/mol. The van der Waals surface area contributed by atoms with Gasteiger partial charge in [0.2, 0.25) is 0 Å². The Balaban J connectivity index is 1.33. The van der Waals surface area contributed by atoms with Gasteiger partial charge in [-0.2, -0.15) is 5.10 Å². The minimum absolute atomic E-state index is 0.0119. The number of hydrogen-bond donors (Lipinski definition) is 3. The third kappa shape index (κ3) is 4.34. The molecule has 1 amide bonds. The zero-order valence-electron chi connectivity index (χ0n) is 18.5. The summed E-state index contributed by atoms with van der Waals surface area (Å²) < 4.78 is 5.31. The summed E-state index contributed by atoms with van der Waals surface area (Å²) in [6, 6.07) is 17.0. The molecule has 9 nitrogen and oxygen atoms in total. The lowest BCUT2D eigenvalue weighted by molar-refractivity contribution is 0.0303. The highest BCUT2D eigenvalue weighted by Crippen LogP contribution is 2.26. The van der Waals surface area contributed by atoms with Crippen molar-refractivity contribution in [3.05, 3.63) is 84.4 Å². The SMILES string of the molecule is N/C(=C\N(N)c1ccc(C(=O)N2CCOCC2)cc1)c1n[nH]c2cc(-c3cccnc3)ccc12. The van der Waals surface area contributed by atoms with Crippen LogP contribution in [-0.2, 0) is 4.74 Å². The first kappa shape index (κ1) is 21.6. The number of hydrazine groups is 1. The van der Waals surface area contributed by atoms with E-state index in [0.29, 0.717) is 48.9 Å². The van der Waals surface area contributed by atoms with E-state index in [2.05, 4.69) is 15.2 Å². The van der Waals surface area contributed by atoms with Crippen molar-refractivity contribution in [1.29, 1.82) is 0 Å². The third-order valence-corrected chi connectivity index (χ3v) is 5.82. The first-order chi connectivity index (χ1) is 16.6. The fourth-order valence-electron chi connectivity index (χ4n) is 3.96. The summed E-state index contributed by atoms with van der Waals surface area (Å²) in [5.41, 5.74) is 11.6. The zero-order chi connectivity index (χ0) is 23.5. The molecule has 1 aliphatic heterocycles. The lowest BCUT2D eigenvalue weighted by atomic mass is 10.0. The fraction of sp³-hybridized carbons (Fsp3) is 0.160. The first-order valence-corrected chi connectivity index (χ1v) is 11.0. The number of carbonyl (C=O) groups is 1. The number of pyridine rings is 1. The van der Waals surface area contributed by atoms with Crippen LogP contribution < -0.4 is 16.6 Å². The Morgan fingerprint density at radius 3 is 2.62 bits per heavy atom. The quantitative estimate of drug-likeness (QED) is 0.312. The van der Waals surface area contributed by atoms with E-state index in [0.717, 1.165) is 22.0 Å². The van der Waals surface area contributed by atoms with Gasteiger partial charge in [-0.1, -0.05) is 12.1 Å². The van der Waals surface area contributed by atoms with E-state index in [-0.39, 0.29) is 5.91 Å². The molecule has 0 spiro atoms. The summed E-state index contributed by atoms with van der Waals surface area (Å²) in [5.74, 6) is 6.22. The number of nitrogens with two attached hydrogens (primary N) is 2. The van der Waals surface area contributed by atoms with Gasteiger partial charge in [-0.15, -0.1) is 0 Å². The highest BCUT2D eigenvalue weighted by Gasteiger charge is 2.18. The van der Waals surface area contributed by atoms with Gasteiger partial charge in [-0.3, -0.25) is 19.9 Å². The molecule has 3 heterocycles. The van der Waals surface area contributed by atoms with E-state index in [1.165, 1.54) is 5.01 Å². The Morgan fingerprint density at radius 2 is 1.88 bits per heavy atom. The highest BCUT2D eigenvalue weighted by atomic mass is 16.5. The molecule has 0 atom stereocenters. The van der Waals surface area contributed by atoms with E-state index in [9.17, 15) is 4.79 Å². The number of aromatic nitrogens is 3. The molecular formula is C25H25N7O2. The summed E-state index contributed by atoms with van der Waals surface area (Å²) in [6.07, 6.45) is 5.18. The van der Waals surface area contributed by atoms with Crippen molar-refractivity contribution in [3.63, 3.8) is 0 Å². The van der Waals surface area contributed by atoms with Gasteiger partial charge < -0.3 is 15.4 Å². The molecule has 4 aromatic rings. The Hall–Kier alpha value is -4.21. The number of amides is 1. The van der Waals surface area contributed by atoms with Gasteiger partial charge in [0.05, 0.1) is 30.1 Å². The van der Waals surface area contributed by atoms with Crippen molar-refractivity contribution >= 4 is 28.2 Å². The van der Waals surface area contributed by atoms with Crippen molar-refractivity contribution in [3.8, 4) is 11.1 Å². The van der Waals surface area contributed by atoms with E-state index in [1.54, 1.807) is 41.6 Å². The van der Waals surface area contributed by atoms with E-state index >= 15 is 0 Å². The second kappa shape index (κ2) is 9.34. The standard InChI is InChI=1S/C25H25N7O2/c26-22(24-21-8-5-18(14-23(21)29-30-24)19-2-1-9-28-15-19)16-32(27)20-6-3-17(4-7-20)25(33)31-10-12-34-13-11-31/h1-9,14-16H,10-13,26-27H2,(H,29,30)/b22-16-. The number of hydrogen-bond acceptors (Lipinski definition) is 7. The van der Waals surface area contributed by atoms with Crippen molar-refractivity contribution in [1.82, 2.24) is 20.1 Å². The van der Waals surface area contributed by atoms with Crippen LogP contribution in [0.2, 0.25) is 0 Å². The summed E-state index contributed by atoms with van der Waals surface area (Å²) in [4.78, 5) is 18.6. The number of morpholine rings is 1. The predicted octanol–water partition coefficient (Wildman–Crippen LogP) is 2.73. The number of carbonyl (C=O) groups excluding carboxylic acids is 1. The first-order valence-electron chi connectivity index (χ1n) is 11.0. The number of anilines is 1. The summed E-state index contributed by atoms with van der Waals surface area (Å²) in [6.45, 7) is 2.34. The summed E-state index contributed by atoms with van der Waals surface area (Å²) in [5, 5.41) is 9.74. The molecule has 1 aliphatic rings. The average Bonchev–Trinajstić information content (AvgIpc) is 3.33. The van der Waals surface area contributed by atoms with Crippen LogP contribution in [0.3, 0.4) is 0 Å². The summed E-state index contributed by atoms with van der Waals surface area (Å²) >= 11 is 0. The fourth-order valence-corrected chi connectivity index (χ4v) is 3.96. The molecule has 5 rings (SSSR count). The zero-order valence-corrected chi connectivity index (χ0v) is 18.5. The molecule has 0 saturated carbocycles. The molecule has 1 fully saturated rings. The number of aromatic amines is 1. The van der Waals surface area contributed by atoms with E-state index < -0.39 is 0 Å². The Kier molecular flexibility index (Phi) is 5.94. The largest absolute Gasteiger partial charge is 0.396 e. The second-order valence-electron chi connectivity index (χ2n) is 8.02. The maximum absolute atomic E-state index is 12.6. The number of nitrogens with one attached hydrogen (secondary N) is 1. The monoisotopic (exact) mass is 455 g/mol. The molecule has 5 N–H and O–H groups in total. The number of ether oxygens (including phenoxy) is 1. The van der Waals surface area contributed by atoms with Crippen molar-refractivity contribution < 1.29 is 9.53 Å². The van der Waals surface area contributed by atoms with Crippen LogP contribution in [0, 0.1) is 0 Å². The van der Waals surface area contributed by atoms with Gasteiger partial charge in [0.25, 0.3) is 5.91 Å². The lowest BCUT2D eigenvalue weighted by Crippen LogP contribution is -2.40. The lowest BCUT2D eigenvalue weighted by Gasteiger charge is -2.27. The highest BCUT2D eigenvalue weighted by molar-refractivity contribution is 5.95. The molecular weight excluding hydrogens is 430 g/mol. The summed E-state index contributed by atoms with van der Waals surface area (Å²) in [7, 11) is 0. The minimum atomic E-state index is -0.0119. The van der Waals surface area contributed by atoms with Crippen molar-refractivity contribution in [2.24, 2.45) is 11.6 Å². The maximum Gasteiger partial charge on any atom is 0.254 e. The molecule has 1 saturated heterocycles. The smallest absolute Gasteiger partial charge is 0.254 e. The van der Waals surface area contributed by atoms with E-state index in [4.69, 9.17) is 16.3 Å². The Morgan fingerprint density at radius 1 is 1.09 bits per heavy atom. The molecule has 0 radical (unpaired) electrons. The second-order valence-corrected chi connectivity index (χ2v) is 8.02.